The number of nitrogen functional groups attached to an aromatic ring is 1. The lowest BCUT2D eigenvalue weighted by molar-refractivity contribution is 0.158. The number of rotatable bonds is 4. The van der Waals surface area contributed by atoms with Crippen molar-refractivity contribution < 1.29 is 10.2 Å². The summed E-state index contributed by atoms with van der Waals surface area (Å²) in [5.41, 5.74) is 6.71. The van der Waals surface area contributed by atoms with Crippen molar-refractivity contribution in [1.82, 2.24) is 19.5 Å². The molecule has 1 aliphatic carbocycles. The van der Waals surface area contributed by atoms with Crippen LogP contribution in [0.15, 0.2) is 12.7 Å². The zero-order chi connectivity index (χ0) is 12.8. The third-order valence-corrected chi connectivity index (χ3v) is 3.81. The molecule has 1 saturated carbocycles. The van der Waals surface area contributed by atoms with Gasteiger partial charge in [-0.2, -0.15) is 0 Å². The summed E-state index contributed by atoms with van der Waals surface area (Å²) in [4.78, 5) is 12.2. The molecule has 7 nitrogen and oxygen atoms in total. The summed E-state index contributed by atoms with van der Waals surface area (Å²) < 4.78 is 1.86. The zero-order valence-corrected chi connectivity index (χ0v) is 9.82. The van der Waals surface area contributed by atoms with Crippen LogP contribution in [-0.4, -0.2) is 42.9 Å². The molecule has 18 heavy (non-hydrogen) atoms. The van der Waals surface area contributed by atoms with Crippen molar-refractivity contribution >= 4 is 17.0 Å². The van der Waals surface area contributed by atoms with E-state index in [1.165, 1.54) is 6.33 Å². The smallest absolute Gasteiger partial charge is 0.165 e. The van der Waals surface area contributed by atoms with Gasteiger partial charge in [0, 0.05) is 18.6 Å². The SMILES string of the molecule is Nc1ncnc2c1ncn2C[C@@]1(CO)C[C@H]1CO. The number of imidazole rings is 1. The fourth-order valence-corrected chi connectivity index (χ4v) is 2.48. The Hall–Kier alpha value is -1.73. The zero-order valence-electron chi connectivity index (χ0n) is 9.82. The molecule has 4 N–H and O–H groups in total. The van der Waals surface area contributed by atoms with Crippen LogP contribution in [0.1, 0.15) is 6.42 Å². The van der Waals surface area contributed by atoms with Gasteiger partial charge in [-0.15, -0.1) is 0 Å². The van der Waals surface area contributed by atoms with E-state index in [2.05, 4.69) is 15.0 Å². The maximum absolute atomic E-state index is 9.48. The fraction of sp³-hybridized carbons (Fsp3) is 0.545. The molecule has 2 aromatic rings. The lowest BCUT2D eigenvalue weighted by Gasteiger charge is -2.14. The molecular weight excluding hydrogens is 234 g/mol. The highest BCUT2D eigenvalue weighted by Gasteiger charge is 2.53. The number of aromatic nitrogens is 4. The molecule has 0 aromatic carbocycles. The molecule has 0 unspecified atom stereocenters. The molecule has 1 fully saturated rings. The molecule has 2 atom stereocenters. The Morgan fingerprint density at radius 1 is 1.39 bits per heavy atom. The van der Waals surface area contributed by atoms with Gasteiger partial charge < -0.3 is 20.5 Å². The van der Waals surface area contributed by atoms with Crippen LogP contribution in [0.25, 0.3) is 11.2 Å². The van der Waals surface area contributed by atoms with Crippen LogP contribution in [0, 0.1) is 11.3 Å². The quantitative estimate of drug-likeness (QED) is 0.667. The third kappa shape index (κ3) is 1.55. The average Bonchev–Trinajstić information content (AvgIpc) is 2.94. The number of aliphatic hydroxyl groups is 2. The standard InChI is InChI=1S/C11H15N5O2/c12-9-8-10(14-5-13-9)16(6-15-8)3-11(4-18)1-7(11)2-17/h5-7,17-18H,1-4H2,(H2,12,13,14)/t7-,11+/m0/s1. The van der Waals surface area contributed by atoms with Crippen LogP contribution < -0.4 is 5.73 Å². The minimum Gasteiger partial charge on any atom is -0.396 e. The molecule has 3 rings (SSSR count). The van der Waals surface area contributed by atoms with Gasteiger partial charge in [-0.25, -0.2) is 15.0 Å². The van der Waals surface area contributed by atoms with E-state index in [0.717, 1.165) is 6.42 Å². The molecule has 0 amide bonds. The second kappa shape index (κ2) is 3.89. The second-order valence-electron chi connectivity index (χ2n) is 4.91. The van der Waals surface area contributed by atoms with Crippen LogP contribution in [0.3, 0.4) is 0 Å². The Labute approximate surface area is 103 Å². The van der Waals surface area contributed by atoms with Gasteiger partial charge in [-0.3, -0.25) is 0 Å². The Balaban J connectivity index is 1.94. The fourth-order valence-electron chi connectivity index (χ4n) is 2.48. The minimum atomic E-state index is -0.248. The average molecular weight is 249 g/mol. The molecule has 7 heteroatoms. The monoisotopic (exact) mass is 249 g/mol. The van der Waals surface area contributed by atoms with Gasteiger partial charge >= 0.3 is 0 Å². The van der Waals surface area contributed by atoms with E-state index in [1.54, 1.807) is 6.33 Å². The van der Waals surface area contributed by atoms with E-state index in [4.69, 9.17) is 5.73 Å². The Morgan fingerprint density at radius 3 is 2.89 bits per heavy atom. The van der Waals surface area contributed by atoms with Crippen LogP contribution >= 0.6 is 0 Å². The van der Waals surface area contributed by atoms with Crippen molar-refractivity contribution in [2.24, 2.45) is 11.3 Å². The predicted molar refractivity (Wildman–Crippen MR) is 64.4 cm³/mol. The molecule has 96 valence electrons. The van der Waals surface area contributed by atoms with E-state index in [9.17, 15) is 10.2 Å². The summed E-state index contributed by atoms with van der Waals surface area (Å²) in [6.07, 6.45) is 3.87. The number of hydrogen-bond donors (Lipinski definition) is 3. The number of fused-ring (bicyclic) bond motifs is 1. The first-order valence-electron chi connectivity index (χ1n) is 5.83. The van der Waals surface area contributed by atoms with Gasteiger partial charge in [0.1, 0.15) is 11.8 Å². The predicted octanol–water partition coefficient (Wildman–Crippen LogP) is -0.601. The summed E-state index contributed by atoms with van der Waals surface area (Å²) in [5.74, 6) is 0.505. The highest BCUT2D eigenvalue weighted by atomic mass is 16.3. The normalized spacial score (nSPS) is 26.7. The van der Waals surface area contributed by atoms with Crippen molar-refractivity contribution in [1.29, 1.82) is 0 Å². The van der Waals surface area contributed by atoms with E-state index >= 15 is 0 Å². The number of nitrogens with zero attached hydrogens (tertiary/aromatic N) is 4. The van der Waals surface area contributed by atoms with E-state index in [-0.39, 0.29) is 24.5 Å². The maximum atomic E-state index is 9.48. The summed E-state index contributed by atoms with van der Waals surface area (Å²) in [5, 5.41) is 18.7. The summed E-state index contributed by atoms with van der Waals surface area (Å²) in [6.45, 7) is 0.741. The molecular formula is C11H15N5O2. The van der Waals surface area contributed by atoms with Crippen LogP contribution in [-0.2, 0) is 6.54 Å². The summed E-state index contributed by atoms with van der Waals surface area (Å²) >= 11 is 0. The van der Waals surface area contributed by atoms with Crippen molar-refractivity contribution in [3.05, 3.63) is 12.7 Å². The van der Waals surface area contributed by atoms with Gasteiger partial charge in [-0.05, 0) is 12.3 Å². The first kappa shape index (κ1) is 11.4. The Kier molecular flexibility index (Phi) is 2.46. The van der Waals surface area contributed by atoms with Crippen molar-refractivity contribution in [2.45, 2.75) is 13.0 Å². The number of anilines is 1. The first-order chi connectivity index (χ1) is 8.70. The molecule has 1 aliphatic rings. The van der Waals surface area contributed by atoms with E-state index in [1.807, 2.05) is 4.57 Å². The largest absolute Gasteiger partial charge is 0.396 e. The minimum absolute atomic E-state index is 0.0540. The number of hydrogen-bond acceptors (Lipinski definition) is 6. The number of nitrogens with two attached hydrogens (primary N) is 1. The van der Waals surface area contributed by atoms with Crippen molar-refractivity contribution in [2.75, 3.05) is 18.9 Å². The topological polar surface area (TPSA) is 110 Å². The lowest BCUT2D eigenvalue weighted by atomic mass is 10.1. The van der Waals surface area contributed by atoms with E-state index < -0.39 is 0 Å². The highest BCUT2D eigenvalue weighted by Crippen LogP contribution is 2.53. The van der Waals surface area contributed by atoms with Crippen molar-refractivity contribution in [3.63, 3.8) is 0 Å². The van der Waals surface area contributed by atoms with Gasteiger partial charge in [0.05, 0.1) is 12.9 Å². The molecule has 0 spiro atoms. The van der Waals surface area contributed by atoms with Crippen LogP contribution in [0.2, 0.25) is 0 Å². The highest BCUT2D eigenvalue weighted by molar-refractivity contribution is 5.81. The third-order valence-electron chi connectivity index (χ3n) is 3.81. The molecule has 0 bridgehead atoms. The lowest BCUT2D eigenvalue weighted by Crippen LogP contribution is -2.19. The second-order valence-corrected chi connectivity index (χ2v) is 4.91. The first-order valence-corrected chi connectivity index (χ1v) is 5.83. The van der Waals surface area contributed by atoms with Gasteiger partial charge in [0.15, 0.2) is 11.5 Å². The van der Waals surface area contributed by atoms with Crippen LogP contribution in [0.4, 0.5) is 5.82 Å². The maximum Gasteiger partial charge on any atom is 0.165 e. The van der Waals surface area contributed by atoms with Gasteiger partial charge in [-0.1, -0.05) is 0 Å². The molecule has 2 heterocycles. The molecule has 0 saturated heterocycles. The summed E-state index contributed by atoms with van der Waals surface area (Å²) in [6, 6.07) is 0. The van der Waals surface area contributed by atoms with E-state index in [0.29, 0.717) is 23.5 Å². The Bertz CT molecular complexity index is 584. The summed E-state index contributed by atoms with van der Waals surface area (Å²) in [7, 11) is 0. The molecule has 0 radical (unpaired) electrons. The Morgan fingerprint density at radius 2 is 2.22 bits per heavy atom. The number of aliphatic hydroxyl groups excluding tert-OH is 2. The van der Waals surface area contributed by atoms with Gasteiger partial charge in [0.25, 0.3) is 0 Å². The molecule has 0 aliphatic heterocycles. The molecule has 2 aromatic heterocycles. The van der Waals surface area contributed by atoms with Crippen molar-refractivity contribution in [3.8, 4) is 0 Å². The van der Waals surface area contributed by atoms with Gasteiger partial charge in [0.2, 0.25) is 0 Å². The van der Waals surface area contributed by atoms with Crippen LogP contribution in [0.5, 0.6) is 0 Å².